The number of aromatic nitrogens is 3. The Morgan fingerprint density at radius 2 is 1.92 bits per heavy atom. The maximum absolute atomic E-state index is 12.6. The quantitative estimate of drug-likeness (QED) is 0.745. The lowest BCUT2D eigenvalue weighted by Crippen LogP contribution is -2.30. The van der Waals surface area contributed by atoms with Crippen molar-refractivity contribution in [2.45, 2.75) is 33.7 Å². The Bertz CT molecular complexity index is 848. The minimum atomic E-state index is -0.0720. The van der Waals surface area contributed by atoms with E-state index in [4.69, 9.17) is 4.52 Å². The van der Waals surface area contributed by atoms with Crippen LogP contribution in [0.25, 0.3) is 11.4 Å². The summed E-state index contributed by atoms with van der Waals surface area (Å²) in [5, 5.41) is 4.02. The number of hydrogen-bond acceptors (Lipinski definition) is 4. The smallest absolute Gasteiger partial charge is 0.270 e. The molecule has 3 rings (SSSR count). The van der Waals surface area contributed by atoms with Crippen molar-refractivity contribution < 1.29 is 9.32 Å². The molecule has 2 heterocycles. The van der Waals surface area contributed by atoms with Crippen LogP contribution in [0.5, 0.6) is 0 Å². The first-order valence-corrected chi connectivity index (χ1v) is 8.47. The zero-order valence-corrected chi connectivity index (χ0v) is 14.7. The predicted octanol–water partition coefficient (Wildman–Crippen LogP) is 3.60. The highest BCUT2D eigenvalue weighted by molar-refractivity contribution is 5.92. The lowest BCUT2D eigenvalue weighted by molar-refractivity contribution is 0.0729. The van der Waals surface area contributed by atoms with Crippen molar-refractivity contribution in [1.29, 1.82) is 0 Å². The minimum Gasteiger partial charge on any atom is -0.354 e. The van der Waals surface area contributed by atoms with Crippen LogP contribution in [0.2, 0.25) is 0 Å². The first-order chi connectivity index (χ1) is 12.1. The maximum Gasteiger partial charge on any atom is 0.270 e. The molecular weight excluding hydrogens is 316 g/mol. The van der Waals surface area contributed by atoms with Crippen molar-refractivity contribution in [3.8, 4) is 11.4 Å². The van der Waals surface area contributed by atoms with Crippen LogP contribution in [0.15, 0.2) is 40.9 Å². The Morgan fingerprint density at radius 3 is 2.56 bits per heavy atom. The van der Waals surface area contributed by atoms with Crippen molar-refractivity contribution in [1.82, 2.24) is 20.0 Å². The fourth-order valence-corrected chi connectivity index (χ4v) is 2.57. The molecule has 0 aliphatic carbocycles. The molecule has 2 aromatic heterocycles. The van der Waals surface area contributed by atoms with Gasteiger partial charge in [-0.15, -0.1) is 0 Å². The van der Waals surface area contributed by atoms with Crippen LogP contribution in [0.3, 0.4) is 0 Å². The summed E-state index contributed by atoms with van der Waals surface area (Å²) in [6.45, 7) is 6.85. The molecule has 1 amide bonds. The number of nitrogens with zero attached hydrogens (tertiary/aromatic N) is 3. The SMILES string of the molecule is CCc1ccc(C(=O)N(CC)Cc2nc(-c3ccc(C)cc3)no2)[nH]1. The van der Waals surface area contributed by atoms with Crippen molar-refractivity contribution in [3.63, 3.8) is 0 Å². The van der Waals surface area contributed by atoms with Gasteiger partial charge in [-0.05, 0) is 32.4 Å². The van der Waals surface area contributed by atoms with E-state index in [1.165, 1.54) is 5.56 Å². The largest absolute Gasteiger partial charge is 0.354 e. The molecule has 1 aromatic carbocycles. The Labute approximate surface area is 146 Å². The number of amides is 1. The Kier molecular flexibility index (Phi) is 4.97. The predicted molar refractivity (Wildman–Crippen MR) is 95.1 cm³/mol. The van der Waals surface area contributed by atoms with Gasteiger partial charge < -0.3 is 14.4 Å². The van der Waals surface area contributed by atoms with E-state index in [-0.39, 0.29) is 12.5 Å². The minimum absolute atomic E-state index is 0.0720. The van der Waals surface area contributed by atoms with Gasteiger partial charge >= 0.3 is 0 Å². The molecule has 0 spiro atoms. The van der Waals surface area contributed by atoms with Gasteiger partial charge in [-0.2, -0.15) is 4.98 Å². The normalized spacial score (nSPS) is 10.8. The average molecular weight is 338 g/mol. The van der Waals surface area contributed by atoms with E-state index in [1.54, 1.807) is 4.90 Å². The second-order valence-corrected chi connectivity index (χ2v) is 5.95. The molecule has 0 aliphatic heterocycles. The Hall–Kier alpha value is -2.89. The number of aryl methyl sites for hydroxylation is 2. The summed E-state index contributed by atoms with van der Waals surface area (Å²) in [4.78, 5) is 21.9. The third-order valence-electron chi connectivity index (χ3n) is 4.13. The van der Waals surface area contributed by atoms with Gasteiger partial charge in [0.25, 0.3) is 5.91 Å². The van der Waals surface area contributed by atoms with Crippen molar-refractivity contribution in [2.24, 2.45) is 0 Å². The molecule has 1 N–H and O–H groups in total. The first kappa shape index (κ1) is 17.0. The van der Waals surface area contributed by atoms with Gasteiger partial charge in [0.1, 0.15) is 12.2 Å². The standard InChI is InChI=1S/C19H22N4O2/c1-4-15-10-11-16(20-15)19(24)23(5-2)12-17-21-18(22-25-17)14-8-6-13(3)7-9-14/h6-11,20H,4-5,12H2,1-3H3. The van der Waals surface area contributed by atoms with E-state index in [0.29, 0.717) is 24.0 Å². The van der Waals surface area contributed by atoms with Gasteiger partial charge in [0.05, 0.1) is 0 Å². The number of benzene rings is 1. The molecule has 6 nitrogen and oxygen atoms in total. The molecule has 0 unspecified atom stereocenters. The number of carbonyl (C=O) groups excluding carboxylic acids is 1. The molecule has 6 heteroatoms. The van der Waals surface area contributed by atoms with Crippen molar-refractivity contribution in [3.05, 3.63) is 59.2 Å². The van der Waals surface area contributed by atoms with Crippen LogP contribution >= 0.6 is 0 Å². The van der Waals surface area contributed by atoms with E-state index < -0.39 is 0 Å². The van der Waals surface area contributed by atoms with Crippen LogP contribution in [0.4, 0.5) is 0 Å². The summed E-state index contributed by atoms with van der Waals surface area (Å²) in [5.74, 6) is 0.886. The topological polar surface area (TPSA) is 75.0 Å². The number of rotatable bonds is 6. The summed E-state index contributed by atoms with van der Waals surface area (Å²) in [7, 11) is 0. The van der Waals surface area contributed by atoms with E-state index in [9.17, 15) is 4.79 Å². The number of aromatic amines is 1. The van der Waals surface area contributed by atoms with E-state index >= 15 is 0 Å². The van der Waals surface area contributed by atoms with Crippen LogP contribution in [0, 0.1) is 6.92 Å². The summed E-state index contributed by atoms with van der Waals surface area (Å²) in [6.07, 6.45) is 0.864. The van der Waals surface area contributed by atoms with Gasteiger partial charge in [0.2, 0.25) is 11.7 Å². The number of H-pyrrole nitrogens is 1. The molecule has 0 bridgehead atoms. The lowest BCUT2D eigenvalue weighted by Gasteiger charge is -2.17. The van der Waals surface area contributed by atoms with Gasteiger partial charge in [0, 0.05) is 17.8 Å². The molecule has 3 aromatic rings. The summed E-state index contributed by atoms with van der Waals surface area (Å²) < 4.78 is 5.33. The molecule has 0 saturated carbocycles. The lowest BCUT2D eigenvalue weighted by atomic mass is 10.1. The van der Waals surface area contributed by atoms with Crippen molar-refractivity contribution >= 4 is 5.91 Å². The maximum atomic E-state index is 12.6. The highest BCUT2D eigenvalue weighted by Gasteiger charge is 2.19. The van der Waals surface area contributed by atoms with E-state index in [0.717, 1.165) is 17.7 Å². The van der Waals surface area contributed by atoms with Crippen LogP contribution in [0.1, 0.15) is 41.5 Å². The molecule has 0 atom stereocenters. The highest BCUT2D eigenvalue weighted by Crippen LogP contribution is 2.17. The van der Waals surface area contributed by atoms with Gasteiger partial charge in [-0.25, -0.2) is 0 Å². The van der Waals surface area contributed by atoms with Crippen LogP contribution in [-0.4, -0.2) is 32.5 Å². The molecular formula is C19H22N4O2. The fourth-order valence-electron chi connectivity index (χ4n) is 2.57. The van der Waals surface area contributed by atoms with Crippen LogP contribution in [-0.2, 0) is 13.0 Å². The van der Waals surface area contributed by atoms with Crippen LogP contribution < -0.4 is 0 Å². The zero-order valence-electron chi connectivity index (χ0n) is 14.7. The second kappa shape index (κ2) is 7.34. The molecule has 0 fully saturated rings. The first-order valence-electron chi connectivity index (χ1n) is 8.47. The second-order valence-electron chi connectivity index (χ2n) is 5.95. The monoisotopic (exact) mass is 338 g/mol. The van der Waals surface area contributed by atoms with E-state index in [2.05, 4.69) is 15.1 Å². The Balaban J connectivity index is 1.73. The third kappa shape index (κ3) is 3.79. The molecule has 25 heavy (non-hydrogen) atoms. The summed E-state index contributed by atoms with van der Waals surface area (Å²) in [5.41, 5.74) is 3.69. The zero-order chi connectivity index (χ0) is 17.8. The van der Waals surface area contributed by atoms with Gasteiger partial charge in [-0.1, -0.05) is 41.9 Å². The Morgan fingerprint density at radius 1 is 1.16 bits per heavy atom. The number of hydrogen-bond donors (Lipinski definition) is 1. The highest BCUT2D eigenvalue weighted by atomic mass is 16.5. The molecule has 0 radical (unpaired) electrons. The summed E-state index contributed by atoms with van der Waals surface area (Å²) >= 11 is 0. The molecule has 0 aliphatic rings. The number of carbonyl (C=O) groups is 1. The number of nitrogens with one attached hydrogen (secondary N) is 1. The third-order valence-corrected chi connectivity index (χ3v) is 4.13. The van der Waals surface area contributed by atoms with E-state index in [1.807, 2.05) is 57.2 Å². The fraction of sp³-hybridized carbons (Fsp3) is 0.316. The van der Waals surface area contributed by atoms with Crippen molar-refractivity contribution in [2.75, 3.05) is 6.54 Å². The molecule has 0 saturated heterocycles. The average Bonchev–Trinajstić information content (AvgIpc) is 3.29. The van der Waals surface area contributed by atoms with Gasteiger partial charge in [0.15, 0.2) is 0 Å². The summed E-state index contributed by atoms with van der Waals surface area (Å²) in [6, 6.07) is 11.7. The molecule has 130 valence electrons. The van der Waals surface area contributed by atoms with Gasteiger partial charge in [-0.3, -0.25) is 4.79 Å².